The number of carbonyl (C=O) groups excluding carboxylic acids is 1. The molecule has 0 radical (unpaired) electrons. The van der Waals surface area contributed by atoms with Crippen molar-refractivity contribution in [2.75, 3.05) is 27.4 Å². The fourth-order valence-electron chi connectivity index (χ4n) is 1.50. The topological polar surface area (TPSA) is 94.1 Å². The van der Waals surface area contributed by atoms with E-state index in [1.807, 2.05) is 0 Å². The molecule has 0 unspecified atom stereocenters. The summed E-state index contributed by atoms with van der Waals surface area (Å²) in [5, 5.41) is 11.0. The van der Waals surface area contributed by atoms with E-state index in [1.165, 1.54) is 7.11 Å². The number of aliphatic carboxylic acids is 1. The summed E-state index contributed by atoms with van der Waals surface area (Å²) in [7, 11) is 3.08. The molecule has 0 spiro atoms. The molecule has 1 aromatic rings. The van der Waals surface area contributed by atoms with Gasteiger partial charge in [-0.05, 0) is 18.2 Å². The first-order chi connectivity index (χ1) is 9.56. The van der Waals surface area contributed by atoms with E-state index < -0.39 is 18.5 Å². The minimum atomic E-state index is -1.12. The summed E-state index contributed by atoms with van der Waals surface area (Å²) in [5.41, 5.74) is 0.749. The van der Waals surface area contributed by atoms with Crippen LogP contribution in [0.15, 0.2) is 18.2 Å². The van der Waals surface area contributed by atoms with Gasteiger partial charge in [-0.2, -0.15) is 0 Å². The lowest BCUT2D eigenvalue weighted by Gasteiger charge is -2.11. The summed E-state index contributed by atoms with van der Waals surface area (Å²) in [6, 6.07) is 5.23. The highest BCUT2D eigenvalue weighted by Gasteiger charge is 2.08. The first-order valence-electron chi connectivity index (χ1n) is 5.84. The number of amides is 1. The fourth-order valence-corrected chi connectivity index (χ4v) is 1.50. The largest absolute Gasteiger partial charge is 0.497 e. The number of ether oxygens (including phenoxy) is 3. The lowest BCUT2D eigenvalue weighted by molar-refractivity contribution is -0.143. The number of hydrogen-bond donors (Lipinski definition) is 2. The van der Waals surface area contributed by atoms with Crippen LogP contribution in [0.4, 0.5) is 0 Å². The Kier molecular flexibility index (Phi) is 6.31. The molecule has 0 aliphatic rings. The minimum absolute atomic E-state index is 0.232. The van der Waals surface area contributed by atoms with Gasteiger partial charge in [0.05, 0.1) is 14.2 Å². The molecule has 1 rings (SSSR count). The monoisotopic (exact) mass is 283 g/mol. The summed E-state index contributed by atoms with van der Waals surface area (Å²) in [6.45, 7) is -0.579. The second-order valence-corrected chi connectivity index (χ2v) is 3.84. The number of rotatable bonds is 8. The van der Waals surface area contributed by atoms with Crippen molar-refractivity contribution in [3.63, 3.8) is 0 Å². The third-order valence-electron chi connectivity index (χ3n) is 2.42. The third kappa shape index (κ3) is 5.15. The second-order valence-electron chi connectivity index (χ2n) is 3.84. The van der Waals surface area contributed by atoms with Crippen molar-refractivity contribution in [2.24, 2.45) is 0 Å². The van der Waals surface area contributed by atoms with Crippen LogP contribution in [-0.4, -0.2) is 44.4 Å². The molecule has 2 N–H and O–H groups in total. The third-order valence-corrected chi connectivity index (χ3v) is 2.42. The number of nitrogens with one attached hydrogen (secondary N) is 1. The maximum Gasteiger partial charge on any atom is 0.329 e. The van der Waals surface area contributed by atoms with Crippen molar-refractivity contribution < 1.29 is 28.9 Å². The van der Waals surface area contributed by atoms with Crippen LogP contribution in [-0.2, 0) is 20.9 Å². The van der Waals surface area contributed by atoms with E-state index in [0.29, 0.717) is 11.5 Å². The van der Waals surface area contributed by atoms with Gasteiger partial charge in [0.25, 0.3) is 0 Å². The van der Waals surface area contributed by atoms with Crippen LogP contribution in [0.25, 0.3) is 0 Å². The van der Waals surface area contributed by atoms with Gasteiger partial charge in [0.15, 0.2) is 0 Å². The van der Waals surface area contributed by atoms with E-state index in [4.69, 9.17) is 14.6 Å². The molecule has 1 amide bonds. The lowest BCUT2D eigenvalue weighted by Crippen LogP contribution is -2.28. The Bertz CT molecular complexity index is 474. The molecule has 20 heavy (non-hydrogen) atoms. The second kappa shape index (κ2) is 8.00. The van der Waals surface area contributed by atoms with E-state index in [2.05, 4.69) is 10.1 Å². The van der Waals surface area contributed by atoms with Gasteiger partial charge < -0.3 is 24.6 Å². The Morgan fingerprint density at radius 1 is 1.20 bits per heavy atom. The van der Waals surface area contributed by atoms with Gasteiger partial charge >= 0.3 is 5.97 Å². The van der Waals surface area contributed by atoms with Gasteiger partial charge in [-0.15, -0.1) is 0 Å². The van der Waals surface area contributed by atoms with Crippen LogP contribution in [0.1, 0.15) is 5.56 Å². The molecule has 1 aromatic carbocycles. The summed E-state index contributed by atoms with van der Waals surface area (Å²) in [4.78, 5) is 21.7. The first-order valence-corrected chi connectivity index (χ1v) is 5.84. The SMILES string of the molecule is COc1ccc(OC)c(CNC(=O)COCC(=O)O)c1. The smallest absolute Gasteiger partial charge is 0.329 e. The lowest BCUT2D eigenvalue weighted by atomic mass is 10.2. The predicted molar refractivity (Wildman–Crippen MR) is 69.8 cm³/mol. The summed E-state index contributed by atoms with van der Waals surface area (Å²) < 4.78 is 14.9. The zero-order valence-electron chi connectivity index (χ0n) is 11.3. The standard InChI is InChI=1S/C13H17NO6/c1-18-10-3-4-11(19-2)9(5-10)6-14-12(15)7-20-8-13(16)17/h3-5H,6-8H2,1-2H3,(H,14,15)(H,16,17). The van der Waals surface area contributed by atoms with Gasteiger partial charge in [-0.1, -0.05) is 0 Å². The van der Waals surface area contributed by atoms with Gasteiger partial charge in [-0.25, -0.2) is 4.79 Å². The molecular formula is C13H17NO6. The molecule has 0 aliphatic carbocycles. The quantitative estimate of drug-likeness (QED) is 0.718. The molecule has 0 saturated heterocycles. The van der Waals surface area contributed by atoms with Crippen LogP contribution < -0.4 is 14.8 Å². The highest BCUT2D eigenvalue weighted by Crippen LogP contribution is 2.23. The maximum atomic E-state index is 11.5. The van der Waals surface area contributed by atoms with Gasteiger partial charge in [-0.3, -0.25) is 4.79 Å². The molecule has 0 saturated carbocycles. The van der Waals surface area contributed by atoms with E-state index in [-0.39, 0.29) is 13.2 Å². The number of benzene rings is 1. The molecule has 7 heteroatoms. The van der Waals surface area contributed by atoms with Crippen molar-refractivity contribution in [3.05, 3.63) is 23.8 Å². The molecule has 7 nitrogen and oxygen atoms in total. The van der Waals surface area contributed by atoms with Crippen molar-refractivity contribution >= 4 is 11.9 Å². The maximum absolute atomic E-state index is 11.5. The molecular weight excluding hydrogens is 266 g/mol. The number of carboxylic acids is 1. The predicted octanol–water partition coefficient (Wildman–Crippen LogP) is 0.421. The van der Waals surface area contributed by atoms with Gasteiger partial charge in [0.2, 0.25) is 5.91 Å². The highest BCUT2D eigenvalue weighted by molar-refractivity contribution is 5.77. The molecule has 0 heterocycles. The molecule has 0 aliphatic heterocycles. The van der Waals surface area contributed by atoms with Gasteiger partial charge in [0, 0.05) is 12.1 Å². The zero-order chi connectivity index (χ0) is 15.0. The van der Waals surface area contributed by atoms with Crippen LogP contribution in [0.3, 0.4) is 0 Å². The van der Waals surface area contributed by atoms with Crippen LogP contribution in [0.5, 0.6) is 11.5 Å². The van der Waals surface area contributed by atoms with Crippen molar-refractivity contribution in [1.82, 2.24) is 5.32 Å². The van der Waals surface area contributed by atoms with Crippen molar-refractivity contribution in [2.45, 2.75) is 6.54 Å². The first kappa shape index (κ1) is 15.8. The van der Waals surface area contributed by atoms with E-state index in [9.17, 15) is 9.59 Å². The number of methoxy groups -OCH3 is 2. The highest BCUT2D eigenvalue weighted by atomic mass is 16.5. The average Bonchev–Trinajstić information content (AvgIpc) is 2.44. The van der Waals surface area contributed by atoms with E-state index in [0.717, 1.165) is 5.56 Å². The number of hydrogen-bond acceptors (Lipinski definition) is 5. The molecule has 0 fully saturated rings. The zero-order valence-corrected chi connectivity index (χ0v) is 11.3. The molecule has 0 aromatic heterocycles. The number of carboxylic acid groups (broad SMARTS) is 1. The molecule has 0 atom stereocenters. The van der Waals surface area contributed by atoms with Crippen LogP contribution >= 0.6 is 0 Å². The number of carbonyl (C=O) groups is 2. The Balaban J connectivity index is 2.51. The Morgan fingerprint density at radius 2 is 1.95 bits per heavy atom. The van der Waals surface area contributed by atoms with Crippen LogP contribution in [0, 0.1) is 0 Å². The fraction of sp³-hybridized carbons (Fsp3) is 0.385. The van der Waals surface area contributed by atoms with Crippen LogP contribution in [0.2, 0.25) is 0 Å². The van der Waals surface area contributed by atoms with Gasteiger partial charge in [0.1, 0.15) is 24.7 Å². The summed E-state index contributed by atoms with van der Waals surface area (Å²) in [5.74, 6) is -0.252. The summed E-state index contributed by atoms with van der Waals surface area (Å²) >= 11 is 0. The molecule has 0 bridgehead atoms. The van der Waals surface area contributed by atoms with Crippen molar-refractivity contribution in [3.8, 4) is 11.5 Å². The normalized spacial score (nSPS) is 9.90. The Morgan fingerprint density at radius 3 is 2.55 bits per heavy atom. The minimum Gasteiger partial charge on any atom is -0.497 e. The Hall–Kier alpha value is -2.28. The Labute approximate surface area is 116 Å². The van der Waals surface area contributed by atoms with E-state index in [1.54, 1.807) is 25.3 Å². The van der Waals surface area contributed by atoms with Crippen molar-refractivity contribution in [1.29, 1.82) is 0 Å². The average molecular weight is 283 g/mol. The summed E-state index contributed by atoms with van der Waals surface area (Å²) in [6.07, 6.45) is 0. The van der Waals surface area contributed by atoms with E-state index >= 15 is 0 Å². The molecule has 110 valence electrons.